The molecule has 4 rings (SSSR count). The minimum absolute atomic E-state index is 0.0283. The Hall–Kier alpha value is -2.04. The number of ether oxygens (including phenoxy) is 1. The van der Waals surface area contributed by atoms with E-state index >= 15 is 0 Å². The molecule has 1 amide bonds. The number of hydrogen-bond donors (Lipinski definition) is 1. The maximum Gasteiger partial charge on any atom is 0.258 e. The van der Waals surface area contributed by atoms with E-state index in [2.05, 4.69) is 12.1 Å². The van der Waals surface area contributed by atoms with E-state index in [9.17, 15) is 9.90 Å². The summed E-state index contributed by atoms with van der Waals surface area (Å²) in [7, 11) is 1.55. The van der Waals surface area contributed by atoms with E-state index in [1.807, 2.05) is 23.1 Å². The van der Waals surface area contributed by atoms with Crippen LogP contribution in [-0.4, -0.2) is 41.7 Å². The summed E-state index contributed by atoms with van der Waals surface area (Å²) in [6.07, 6.45) is 3.54. The fraction of sp³-hybridized carbons (Fsp3) is 0.409. The Labute approximate surface area is 164 Å². The van der Waals surface area contributed by atoms with E-state index in [4.69, 9.17) is 16.3 Å². The van der Waals surface area contributed by atoms with Gasteiger partial charge in [-0.2, -0.15) is 0 Å². The number of aliphatic hydroxyl groups excluding tert-OH is 1. The van der Waals surface area contributed by atoms with Gasteiger partial charge in [-0.3, -0.25) is 4.79 Å². The van der Waals surface area contributed by atoms with E-state index in [-0.39, 0.29) is 30.0 Å². The first-order valence-corrected chi connectivity index (χ1v) is 9.77. The van der Waals surface area contributed by atoms with Crippen LogP contribution in [0.1, 0.15) is 35.2 Å². The van der Waals surface area contributed by atoms with Crippen molar-refractivity contribution < 1.29 is 14.6 Å². The third kappa shape index (κ3) is 3.11. The second kappa shape index (κ2) is 7.17. The van der Waals surface area contributed by atoms with Gasteiger partial charge >= 0.3 is 0 Å². The van der Waals surface area contributed by atoms with E-state index in [1.54, 1.807) is 25.3 Å². The smallest absolute Gasteiger partial charge is 0.258 e. The molecule has 0 saturated carbocycles. The first-order chi connectivity index (χ1) is 13.1. The molecule has 0 unspecified atom stereocenters. The molecule has 4 nitrogen and oxygen atoms in total. The van der Waals surface area contributed by atoms with Crippen LogP contribution >= 0.6 is 11.6 Å². The van der Waals surface area contributed by atoms with E-state index < -0.39 is 0 Å². The zero-order valence-electron chi connectivity index (χ0n) is 15.4. The van der Waals surface area contributed by atoms with Gasteiger partial charge in [0.05, 0.1) is 19.3 Å². The van der Waals surface area contributed by atoms with Crippen LogP contribution in [-0.2, 0) is 6.42 Å². The van der Waals surface area contributed by atoms with Crippen molar-refractivity contribution >= 4 is 17.5 Å². The summed E-state index contributed by atoms with van der Waals surface area (Å²) in [5.41, 5.74) is 1.46. The Bertz CT molecular complexity index is 841. The molecule has 5 heteroatoms. The van der Waals surface area contributed by atoms with Gasteiger partial charge in [0.15, 0.2) is 0 Å². The van der Waals surface area contributed by atoms with Crippen molar-refractivity contribution in [3.8, 4) is 5.75 Å². The first kappa shape index (κ1) is 18.3. The lowest BCUT2D eigenvalue weighted by Gasteiger charge is -2.36. The van der Waals surface area contributed by atoms with Crippen molar-refractivity contribution in [1.82, 2.24) is 4.90 Å². The second-order valence-electron chi connectivity index (χ2n) is 7.69. The molecule has 2 bridgehead atoms. The third-order valence-corrected chi connectivity index (χ3v) is 6.43. The molecule has 3 atom stereocenters. The average molecular weight is 386 g/mol. The number of aliphatic hydroxyl groups is 1. The number of amides is 1. The number of hydrogen-bond acceptors (Lipinski definition) is 3. The minimum atomic E-state index is -0.278. The van der Waals surface area contributed by atoms with Gasteiger partial charge in [-0.05, 0) is 49.4 Å². The fourth-order valence-corrected chi connectivity index (χ4v) is 5.16. The summed E-state index contributed by atoms with van der Waals surface area (Å²) in [5.74, 6) is 0.468. The largest absolute Gasteiger partial charge is 0.496 e. The van der Waals surface area contributed by atoms with Gasteiger partial charge in [0.25, 0.3) is 5.91 Å². The van der Waals surface area contributed by atoms with Crippen LogP contribution in [0.3, 0.4) is 0 Å². The lowest BCUT2D eigenvalue weighted by atomic mass is 9.70. The molecular formula is C22H24ClNO3. The summed E-state index contributed by atoms with van der Waals surface area (Å²) in [6, 6.07) is 15.6. The van der Waals surface area contributed by atoms with Crippen LogP contribution in [0.4, 0.5) is 0 Å². The number of carbonyl (C=O) groups is 1. The van der Waals surface area contributed by atoms with Gasteiger partial charge in [-0.25, -0.2) is 0 Å². The van der Waals surface area contributed by atoms with Crippen molar-refractivity contribution in [3.63, 3.8) is 0 Å². The first-order valence-electron chi connectivity index (χ1n) is 9.39. The summed E-state index contributed by atoms with van der Waals surface area (Å²) >= 11 is 6.05. The fourth-order valence-electron chi connectivity index (χ4n) is 5.00. The zero-order chi connectivity index (χ0) is 19.0. The van der Waals surface area contributed by atoms with Crippen molar-refractivity contribution in [3.05, 3.63) is 64.7 Å². The zero-order valence-corrected chi connectivity index (χ0v) is 16.2. The predicted molar refractivity (Wildman–Crippen MR) is 105 cm³/mol. The van der Waals surface area contributed by atoms with Crippen LogP contribution in [0.5, 0.6) is 5.75 Å². The number of carbonyl (C=O) groups excluding carboxylic acids is 1. The average Bonchev–Trinajstić information content (AvgIpc) is 3.24. The van der Waals surface area contributed by atoms with Crippen LogP contribution in [0, 0.1) is 5.41 Å². The highest BCUT2D eigenvalue weighted by molar-refractivity contribution is 6.30. The number of rotatable bonds is 5. The van der Waals surface area contributed by atoms with Crippen molar-refractivity contribution in [2.24, 2.45) is 5.41 Å². The molecule has 2 aliphatic heterocycles. The lowest BCUT2D eigenvalue weighted by Crippen LogP contribution is -2.44. The quantitative estimate of drug-likeness (QED) is 0.847. The molecule has 2 heterocycles. The van der Waals surface area contributed by atoms with Crippen LogP contribution in [0.2, 0.25) is 5.02 Å². The van der Waals surface area contributed by atoms with E-state index in [0.29, 0.717) is 16.3 Å². The highest BCUT2D eigenvalue weighted by Crippen LogP contribution is 2.52. The summed E-state index contributed by atoms with van der Waals surface area (Å²) in [6.45, 7) is 0.0879. The van der Waals surface area contributed by atoms with Crippen molar-refractivity contribution in [2.45, 2.75) is 37.8 Å². The van der Waals surface area contributed by atoms with Gasteiger partial charge < -0.3 is 14.7 Å². The molecule has 1 N–H and O–H groups in total. The molecule has 0 aromatic heterocycles. The standard InChI is InChI=1S/C22H24ClNO3/c1-27-19-11-16(23)7-9-18(19)21(26)24-17-8-10-20(24)22(13-17,14-25)12-15-5-3-2-4-6-15/h2-7,9,11,17,20,25H,8,10,12-14H2,1H3/t17-,20+,22-/m0/s1. The SMILES string of the molecule is COc1cc(Cl)ccc1C(=O)N1[C@H]2CC[C@@H]1[C@@](CO)(Cc1ccccc1)C2. The topological polar surface area (TPSA) is 49.8 Å². The van der Waals surface area contributed by atoms with E-state index in [1.165, 1.54) is 5.56 Å². The molecule has 0 radical (unpaired) electrons. The number of halogens is 1. The monoisotopic (exact) mass is 385 g/mol. The van der Waals surface area contributed by atoms with Gasteiger partial charge in [0.1, 0.15) is 5.75 Å². The maximum absolute atomic E-state index is 13.4. The highest BCUT2D eigenvalue weighted by Gasteiger charge is 2.57. The Morgan fingerprint density at radius 3 is 2.74 bits per heavy atom. The van der Waals surface area contributed by atoms with Crippen LogP contribution in [0.25, 0.3) is 0 Å². The molecule has 0 spiro atoms. The maximum atomic E-state index is 13.4. The number of benzene rings is 2. The van der Waals surface area contributed by atoms with Crippen LogP contribution < -0.4 is 4.74 Å². The number of nitrogens with zero attached hydrogens (tertiary/aromatic N) is 1. The molecule has 142 valence electrons. The van der Waals surface area contributed by atoms with Gasteiger partial charge in [0, 0.05) is 22.5 Å². The van der Waals surface area contributed by atoms with Gasteiger partial charge in [0.2, 0.25) is 0 Å². The van der Waals surface area contributed by atoms with E-state index in [0.717, 1.165) is 25.7 Å². The van der Waals surface area contributed by atoms with Crippen molar-refractivity contribution in [1.29, 1.82) is 0 Å². The van der Waals surface area contributed by atoms with Gasteiger partial charge in [-0.1, -0.05) is 41.9 Å². The van der Waals surface area contributed by atoms with Crippen molar-refractivity contribution in [2.75, 3.05) is 13.7 Å². The predicted octanol–water partition coefficient (Wildman–Crippen LogP) is 3.95. The number of fused-ring (bicyclic) bond motifs is 2. The Kier molecular flexibility index (Phi) is 4.87. The summed E-state index contributed by atoms with van der Waals surface area (Å²) < 4.78 is 5.39. The Balaban J connectivity index is 1.64. The number of methoxy groups -OCH3 is 1. The molecule has 2 saturated heterocycles. The Morgan fingerprint density at radius 2 is 2.04 bits per heavy atom. The normalized spacial score (nSPS) is 26.4. The molecular weight excluding hydrogens is 362 g/mol. The third-order valence-electron chi connectivity index (χ3n) is 6.19. The highest BCUT2D eigenvalue weighted by atomic mass is 35.5. The molecule has 27 heavy (non-hydrogen) atoms. The summed E-state index contributed by atoms with van der Waals surface area (Å²) in [5, 5.41) is 10.9. The minimum Gasteiger partial charge on any atom is -0.496 e. The lowest BCUT2D eigenvalue weighted by molar-refractivity contribution is 0.0569. The molecule has 2 aromatic carbocycles. The van der Waals surface area contributed by atoms with Crippen LogP contribution in [0.15, 0.2) is 48.5 Å². The molecule has 2 aliphatic rings. The second-order valence-corrected chi connectivity index (χ2v) is 8.13. The molecule has 2 fully saturated rings. The Morgan fingerprint density at radius 1 is 1.26 bits per heavy atom. The molecule has 2 aromatic rings. The van der Waals surface area contributed by atoms with Gasteiger partial charge in [-0.15, -0.1) is 0 Å². The molecule has 0 aliphatic carbocycles. The summed E-state index contributed by atoms with van der Waals surface area (Å²) in [4.78, 5) is 15.4.